The third kappa shape index (κ3) is 2.36. The second-order valence-corrected chi connectivity index (χ2v) is 5.18. The fraction of sp³-hybridized carbons (Fsp3) is 0.400. The van der Waals surface area contributed by atoms with Crippen LogP contribution in [0.25, 0.3) is 0 Å². The van der Waals surface area contributed by atoms with Gasteiger partial charge in [0.1, 0.15) is 0 Å². The number of thioether (sulfide) groups is 1. The Hall–Kier alpha value is -1.09. The third-order valence-electron chi connectivity index (χ3n) is 2.58. The first-order valence-corrected chi connectivity index (χ1v) is 5.78. The molecule has 1 aliphatic heterocycles. The van der Waals surface area contributed by atoms with Crippen LogP contribution in [0.2, 0.25) is 0 Å². The van der Waals surface area contributed by atoms with Crippen molar-refractivity contribution < 1.29 is 31.4 Å². The number of para-hydroxylation sites is 1. The van der Waals surface area contributed by atoms with Gasteiger partial charge in [-0.3, -0.25) is 0 Å². The van der Waals surface area contributed by atoms with Crippen LogP contribution in [-0.2, 0) is 0 Å². The van der Waals surface area contributed by atoms with Crippen LogP contribution in [0.15, 0.2) is 29.2 Å². The summed E-state index contributed by atoms with van der Waals surface area (Å²) in [5.74, 6) is 0. The van der Waals surface area contributed by atoms with Gasteiger partial charge in [0, 0.05) is 10.6 Å². The number of hydrogen-bond donors (Lipinski definition) is 2. The molecule has 0 spiro atoms. The van der Waals surface area contributed by atoms with Crippen LogP contribution in [0.3, 0.4) is 0 Å². The van der Waals surface area contributed by atoms with Gasteiger partial charge < -0.3 is 10.4 Å². The number of fused-ring (bicyclic) bond motifs is 1. The first-order valence-electron chi connectivity index (χ1n) is 4.96. The van der Waals surface area contributed by atoms with Gasteiger partial charge in [0.05, 0.1) is 0 Å². The minimum atomic E-state index is -5.43. The summed E-state index contributed by atoms with van der Waals surface area (Å²) in [7, 11) is 0. The van der Waals surface area contributed by atoms with Gasteiger partial charge in [-0.1, -0.05) is 23.9 Å². The topological polar surface area (TPSA) is 32.3 Å². The lowest BCUT2D eigenvalue weighted by Gasteiger charge is -2.42. The van der Waals surface area contributed by atoms with E-state index >= 15 is 0 Å². The standard InChI is InChI=1S/C10H7F6NOS/c11-9(12,13)7-8(18,10(14,15)16)19-6-4-2-1-3-5(6)17-7/h1-4,7,17-18H. The van der Waals surface area contributed by atoms with Crippen molar-refractivity contribution in [2.45, 2.75) is 28.2 Å². The molecule has 0 fully saturated rings. The van der Waals surface area contributed by atoms with Crippen LogP contribution in [0.1, 0.15) is 0 Å². The molecule has 106 valence electrons. The summed E-state index contributed by atoms with van der Waals surface area (Å²) in [6.45, 7) is 0. The van der Waals surface area contributed by atoms with E-state index in [9.17, 15) is 31.4 Å². The summed E-state index contributed by atoms with van der Waals surface area (Å²) < 4.78 is 76.5. The molecule has 1 aromatic carbocycles. The predicted octanol–water partition coefficient (Wildman–Crippen LogP) is 3.39. The maximum atomic E-state index is 12.8. The van der Waals surface area contributed by atoms with Crippen molar-refractivity contribution in [3.63, 3.8) is 0 Å². The Morgan fingerprint density at radius 3 is 2.21 bits per heavy atom. The lowest BCUT2D eigenvalue weighted by atomic mass is 10.1. The first kappa shape index (κ1) is 14.3. The Kier molecular flexibility index (Phi) is 3.17. The molecule has 0 aromatic heterocycles. The summed E-state index contributed by atoms with van der Waals surface area (Å²) in [4.78, 5) is -4.05. The predicted molar refractivity (Wildman–Crippen MR) is 56.8 cm³/mol. The quantitative estimate of drug-likeness (QED) is 0.721. The lowest BCUT2D eigenvalue weighted by Crippen LogP contribution is -2.62. The number of aliphatic hydroxyl groups is 1. The number of alkyl halides is 6. The van der Waals surface area contributed by atoms with Crippen molar-refractivity contribution in [3.05, 3.63) is 24.3 Å². The van der Waals surface area contributed by atoms with E-state index in [1.165, 1.54) is 24.3 Å². The van der Waals surface area contributed by atoms with Gasteiger partial charge in [-0.15, -0.1) is 0 Å². The number of benzene rings is 1. The molecule has 0 saturated carbocycles. The van der Waals surface area contributed by atoms with E-state index in [1.54, 1.807) is 5.32 Å². The van der Waals surface area contributed by atoms with Crippen LogP contribution >= 0.6 is 11.8 Å². The first-order chi connectivity index (χ1) is 8.56. The van der Waals surface area contributed by atoms with E-state index < -0.39 is 23.3 Å². The Balaban J connectivity index is 2.53. The van der Waals surface area contributed by atoms with Crippen LogP contribution in [0.5, 0.6) is 0 Å². The molecule has 2 atom stereocenters. The molecule has 1 aliphatic rings. The molecule has 0 bridgehead atoms. The summed E-state index contributed by atoms with van der Waals surface area (Å²) in [6.07, 6.45) is -10.7. The maximum Gasteiger partial charge on any atom is 0.429 e. The van der Waals surface area contributed by atoms with Gasteiger partial charge >= 0.3 is 12.4 Å². The van der Waals surface area contributed by atoms with Crippen molar-refractivity contribution in [1.29, 1.82) is 0 Å². The van der Waals surface area contributed by atoms with Crippen molar-refractivity contribution in [3.8, 4) is 0 Å². The Labute approximate surface area is 107 Å². The highest BCUT2D eigenvalue weighted by molar-refractivity contribution is 8.00. The second-order valence-electron chi connectivity index (χ2n) is 3.91. The van der Waals surface area contributed by atoms with Gasteiger partial charge in [0.15, 0.2) is 6.04 Å². The molecule has 2 N–H and O–H groups in total. The zero-order chi connectivity index (χ0) is 14.5. The zero-order valence-electron chi connectivity index (χ0n) is 9.01. The number of hydrogen-bond acceptors (Lipinski definition) is 3. The van der Waals surface area contributed by atoms with Crippen molar-refractivity contribution >= 4 is 17.4 Å². The fourth-order valence-electron chi connectivity index (χ4n) is 1.68. The van der Waals surface area contributed by atoms with Gasteiger partial charge in [0.25, 0.3) is 0 Å². The highest BCUT2D eigenvalue weighted by Gasteiger charge is 2.68. The van der Waals surface area contributed by atoms with Crippen LogP contribution in [0, 0.1) is 0 Å². The molecule has 2 nitrogen and oxygen atoms in total. The largest absolute Gasteiger partial charge is 0.429 e. The molecule has 2 unspecified atom stereocenters. The molecule has 2 rings (SSSR count). The van der Waals surface area contributed by atoms with Crippen molar-refractivity contribution in [2.24, 2.45) is 0 Å². The van der Waals surface area contributed by atoms with E-state index in [-0.39, 0.29) is 22.3 Å². The molecule has 0 aliphatic carbocycles. The molecule has 0 saturated heterocycles. The molecule has 1 aromatic rings. The molecular formula is C10H7F6NOS. The minimum absolute atomic E-state index is 0.0937. The molecule has 19 heavy (non-hydrogen) atoms. The minimum Gasteiger partial charge on any atom is -0.370 e. The Morgan fingerprint density at radius 2 is 1.68 bits per heavy atom. The smallest absolute Gasteiger partial charge is 0.370 e. The Bertz CT molecular complexity index is 488. The van der Waals surface area contributed by atoms with E-state index in [4.69, 9.17) is 0 Å². The van der Waals surface area contributed by atoms with Crippen LogP contribution < -0.4 is 5.32 Å². The van der Waals surface area contributed by atoms with E-state index in [1.807, 2.05) is 0 Å². The number of halogens is 6. The van der Waals surface area contributed by atoms with Gasteiger partial charge in [-0.05, 0) is 12.1 Å². The van der Waals surface area contributed by atoms with Crippen molar-refractivity contribution in [1.82, 2.24) is 0 Å². The Morgan fingerprint density at radius 1 is 1.11 bits per heavy atom. The highest BCUT2D eigenvalue weighted by atomic mass is 32.2. The monoisotopic (exact) mass is 303 g/mol. The van der Waals surface area contributed by atoms with E-state index in [0.29, 0.717) is 0 Å². The molecule has 0 amide bonds. The summed E-state index contributed by atoms with van der Waals surface area (Å²) in [5, 5.41) is 11.2. The van der Waals surface area contributed by atoms with Crippen molar-refractivity contribution in [2.75, 3.05) is 5.32 Å². The zero-order valence-corrected chi connectivity index (χ0v) is 9.83. The number of nitrogens with one attached hydrogen (secondary N) is 1. The molecule has 1 heterocycles. The summed E-state index contributed by atoms with van der Waals surface area (Å²) >= 11 is -0.251. The molecule has 9 heteroatoms. The van der Waals surface area contributed by atoms with Crippen LogP contribution in [-0.4, -0.2) is 28.4 Å². The molecule has 0 radical (unpaired) electrons. The SMILES string of the molecule is OC1(C(F)(F)F)Sc2ccccc2NC1C(F)(F)F. The number of rotatable bonds is 0. The summed E-state index contributed by atoms with van der Waals surface area (Å²) in [5.41, 5.74) is -0.0937. The van der Waals surface area contributed by atoms with Gasteiger partial charge in [-0.2, -0.15) is 26.3 Å². The van der Waals surface area contributed by atoms with Crippen LogP contribution in [0.4, 0.5) is 32.0 Å². The average molecular weight is 303 g/mol. The normalized spacial score (nSPS) is 27.6. The number of anilines is 1. The highest BCUT2D eigenvalue weighted by Crippen LogP contribution is 2.54. The fourth-order valence-corrected chi connectivity index (χ4v) is 2.82. The van der Waals surface area contributed by atoms with Gasteiger partial charge in [-0.25, -0.2) is 0 Å². The maximum absolute atomic E-state index is 12.8. The van der Waals surface area contributed by atoms with E-state index in [2.05, 4.69) is 0 Å². The second kappa shape index (κ2) is 4.20. The van der Waals surface area contributed by atoms with E-state index in [0.717, 1.165) is 0 Å². The average Bonchev–Trinajstić information content (AvgIpc) is 2.25. The third-order valence-corrected chi connectivity index (χ3v) is 3.93. The molecular weight excluding hydrogens is 296 g/mol. The summed E-state index contributed by atoms with van der Waals surface area (Å²) in [6, 6.07) is 2.06. The van der Waals surface area contributed by atoms with Gasteiger partial charge in [0.2, 0.25) is 4.93 Å². The lowest BCUT2D eigenvalue weighted by molar-refractivity contribution is -0.263.